The van der Waals surface area contributed by atoms with Crippen LogP contribution in [-0.2, 0) is 0 Å². The van der Waals surface area contributed by atoms with E-state index < -0.39 is 0 Å². The quantitative estimate of drug-likeness (QED) is 0.430. The third kappa shape index (κ3) is 4.18. The number of nitrogens with one attached hydrogen (secondary N) is 3. The predicted molar refractivity (Wildman–Crippen MR) is 123 cm³/mol. The van der Waals surface area contributed by atoms with E-state index in [-0.39, 0.29) is 17.4 Å². The number of anilines is 1. The Balaban J connectivity index is 1.57. The minimum Gasteiger partial charge on any atom is -0.369 e. The third-order valence-electron chi connectivity index (χ3n) is 5.26. The van der Waals surface area contributed by atoms with Crippen molar-refractivity contribution in [1.82, 2.24) is 30.2 Å². The number of para-hydroxylation sites is 1. The summed E-state index contributed by atoms with van der Waals surface area (Å²) in [5.74, 6) is 1.08. The fraction of sp³-hybridized carbons (Fsp3) is 0.217. The summed E-state index contributed by atoms with van der Waals surface area (Å²) < 4.78 is 0. The maximum Gasteiger partial charge on any atom is 0.260 e. The number of nitrogens with zero attached hydrogens (tertiary/aromatic N) is 4. The zero-order valence-corrected chi connectivity index (χ0v) is 18.0. The highest BCUT2D eigenvalue weighted by Crippen LogP contribution is 2.26. The van der Waals surface area contributed by atoms with Crippen LogP contribution in [0.5, 0.6) is 0 Å². The molecule has 3 heterocycles. The lowest BCUT2D eigenvalue weighted by Gasteiger charge is -2.16. The van der Waals surface area contributed by atoms with Crippen molar-refractivity contribution < 1.29 is 4.79 Å². The first kappa shape index (κ1) is 21.1. The maximum atomic E-state index is 12.2. The Morgan fingerprint density at radius 2 is 2.00 bits per heavy atom. The van der Waals surface area contributed by atoms with Crippen LogP contribution in [0.15, 0.2) is 53.8 Å². The summed E-state index contributed by atoms with van der Waals surface area (Å²) >= 11 is 0. The molecule has 0 aliphatic rings. The van der Waals surface area contributed by atoms with Crippen molar-refractivity contribution in [3.8, 4) is 11.3 Å². The van der Waals surface area contributed by atoms with Gasteiger partial charge in [-0.25, -0.2) is 15.0 Å². The Hall–Kier alpha value is -4.14. The van der Waals surface area contributed by atoms with Crippen LogP contribution in [0, 0.1) is 6.92 Å². The molecule has 0 aliphatic carbocycles. The summed E-state index contributed by atoms with van der Waals surface area (Å²) in [7, 11) is 1.61. The van der Waals surface area contributed by atoms with E-state index in [1.165, 1.54) is 12.5 Å². The van der Waals surface area contributed by atoms with Gasteiger partial charge in [-0.2, -0.15) is 0 Å². The van der Waals surface area contributed by atoms with Gasteiger partial charge in [-0.3, -0.25) is 14.6 Å². The number of fused-ring (bicyclic) bond motifs is 1. The minimum atomic E-state index is -0.246. The molecule has 0 bridgehead atoms. The fourth-order valence-corrected chi connectivity index (χ4v) is 3.56. The summed E-state index contributed by atoms with van der Waals surface area (Å²) in [6.07, 6.45) is 4.58. The van der Waals surface area contributed by atoms with Crippen molar-refractivity contribution in [3.63, 3.8) is 0 Å². The minimum absolute atomic E-state index is 0.0778. The van der Waals surface area contributed by atoms with Gasteiger partial charge in [0.1, 0.15) is 18.0 Å². The first-order valence-corrected chi connectivity index (χ1v) is 10.2. The largest absolute Gasteiger partial charge is 0.369 e. The number of aryl methyl sites for hydroxylation is 1. The molecule has 1 amide bonds. The molecule has 4 aromatic rings. The standard InChI is InChI=1S/C23H23N7O2/c1-13(15-5-4-6-16-17(22(31)24-3)7-8-25-21(15)16)10-27-20-9-19(28-12-29-20)18-11-26-14(2)30-23(18)32/h4-9,11-13H,10H2,1-3H3,(H,24,31)(H,26,30,32)(H,27,28,29). The van der Waals surface area contributed by atoms with E-state index in [2.05, 4.69) is 42.5 Å². The van der Waals surface area contributed by atoms with Gasteiger partial charge >= 0.3 is 0 Å². The van der Waals surface area contributed by atoms with Crippen LogP contribution in [0.3, 0.4) is 0 Å². The van der Waals surface area contributed by atoms with Crippen molar-refractivity contribution in [3.05, 3.63) is 76.4 Å². The number of benzene rings is 1. The van der Waals surface area contributed by atoms with Crippen LogP contribution in [0.2, 0.25) is 0 Å². The highest BCUT2D eigenvalue weighted by molar-refractivity contribution is 6.06. The van der Waals surface area contributed by atoms with Crippen LogP contribution in [0.25, 0.3) is 22.2 Å². The molecular formula is C23H23N7O2. The van der Waals surface area contributed by atoms with E-state index >= 15 is 0 Å². The van der Waals surface area contributed by atoms with Gasteiger partial charge in [0.25, 0.3) is 11.5 Å². The molecule has 0 radical (unpaired) electrons. The predicted octanol–water partition coefficient (Wildman–Crippen LogP) is 2.66. The normalized spacial score (nSPS) is 11.8. The molecule has 1 unspecified atom stereocenters. The third-order valence-corrected chi connectivity index (χ3v) is 5.26. The van der Waals surface area contributed by atoms with Crippen molar-refractivity contribution in [1.29, 1.82) is 0 Å². The SMILES string of the molecule is CNC(=O)c1ccnc2c(C(C)CNc3cc(-c4cnc(C)[nH]c4=O)ncn3)cccc12. The molecule has 4 rings (SSSR count). The van der Waals surface area contributed by atoms with Gasteiger partial charge in [-0.05, 0) is 18.6 Å². The highest BCUT2D eigenvalue weighted by atomic mass is 16.1. The van der Waals surface area contributed by atoms with Crippen LogP contribution >= 0.6 is 0 Å². The first-order valence-electron chi connectivity index (χ1n) is 10.2. The summed E-state index contributed by atoms with van der Waals surface area (Å²) in [4.78, 5) is 44.2. The number of carbonyl (C=O) groups excluding carboxylic acids is 1. The van der Waals surface area contributed by atoms with Gasteiger partial charge in [0.2, 0.25) is 0 Å². The molecule has 0 fully saturated rings. The summed E-state index contributed by atoms with van der Waals surface area (Å²) in [5.41, 5.74) is 3.04. The van der Waals surface area contributed by atoms with Gasteiger partial charge in [0.15, 0.2) is 0 Å². The van der Waals surface area contributed by atoms with E-state index in [4.69, 9.17) is 0 Å². The van der Waals surface area contributed by atoms with Gasteiger partial charge in [0, 0.05) is 43.4 Å². The topological polar surface area (TPSA) is 126 Å². The molecule has 0 aliphatic heterocycles. The molecular weight excluding hydrogens is 406 g/mol. The molecule has 0 saturated heterocycles. The second-order valence-corrected chi connectivity index (χ2v) is 7.46. The number of rotatable bonds is 6. The highest BCUT2D eigenvalue weighted by Gasteiger charge is 2.15. The molecule has 3 aromatic heterocycles. The number of pyridine rings is 1. The Kier molecular flexibility index (Phi) is 5.89. The van der Waals surface area contributed by atoms with E-state index in [0.29, 0.717) is 35.0 Å². The second kappa shape index (κ2) is 8.93. The van der Waals surface area contributed by atoms with Gasteiger partial charge < -0.3 is 15.6 Å². The molecule has 1 aromatic carbocycles. The number of aromatic nitrogens is 5. The molecule has 1 atom stereocenters. The van der Waals surface area contributed by atoms with Crippen LogP contribution in [0.4, 0.5) is 5.82 Å². The van der Waals surface area contributed by atoms with Crippen LogP contribution in [-0.4, -0.2) is 44.4 Å². The number of hydrogen-bond acceptors (Lipinski definition) is 7. The number of carbonyl (C=O) groups is 1. The number of aromatic amines is 1. The second-order valence-electron chi connectivity index (χ2n) is 7.46. The Morgan fingerprint density at radius 3 is 2.78 bits per heavy atom. The molecule has 0 spiro atoms. The smallest absolute Gasteiger partial charge is 0.260 e. The molecule has 9 nitrogen and oxygen atoms in total. The monoisotopic (exact) mass is 429 g/mol. The lowest BCUT2D eigenvalue weighted by Crippen LogP contribution is -2.18. The molecule has 32 heavy (non-hydrogen) atoms. The summed E-state index contributed by atoms with van der Waals surface area (Å²) in [6, 6.07) is 9.29. The molecule has 162 valence electrons. The van der Waals surface area contributed by atoms with E-state index in [1.807, 2.05) is 18.2 Å². The van der Waals surface area contributed by atoms with Gasteiger partial charge in [0.05, 0.1) is 22.3 Å². The number of amides is 1. The lowest BCUT2D eigenvalue weighted by atomic mass is 9.96. The van der Waals surface area contributed by atoms with Gasteiger partial charge in [-0.15, -0.1) is 0 Å². The van der Waals surface area contributed by atoms with E-state index in [9.17, 15) is 9.59 Å². The van der Waals surface area contributed by atoms with E-state index in [0.717, 1.165) is 16.5 Å². The van der Waals surface area contributed by atoms with Crippen LogP contribution < -0.4 is 16.2 Å². The Bertz CT molecular complexity index is 1350. The maximum absolute atomic E-state index is 12.2. The van der Waals surface area contributed by atoms with Crippen molar-refractivity contribution in [2.24, 2.45) is 0 Å². The summed E-state index contributed by atoms with van der Waals surface area (Å²) in [5, 5.41) is 6.79. The Labute approximate surface area is 184 Å². The molecule has 9 heteroatoms. The summed E-state index contributed by atoms with van der Waals surface area (Å²) in [6.45, 7) is 4.37. The zero-order valence-electron chi connectivity index (χ0n) is 18.0. The molecule has 0 saturated carbocycles. The van der Waals surface area contributed by atoms with Crippen molar-refractivity contribution in [2.45, 2.75) is 19.8 Å². The number of hydrogen-bond donors (Lipinski definition) is 3. The fourth-order valence-electron chi connectivity index (χ4n) is 3.56. The van der Waals surface area contributed by atoms with Crippen molar-refractivity contribution in [2.75, 3.05) is 18.9 Å². The van der Waals surface area contributed by atoms with E-state index in [1.54, 1.807) is 32.3 Å². The lowest BCUT2D eigenvalue weighted by molar-refractivity contribution is 0.0964. The average Bonchev–Trinajstić information content (AvgIpc) is 2.81. The van der Waals surface area contributed by atoms with Crippen molar-refractivity contribution >= 4 is 22.6 Å². The Morgan fingerprint density at radius 1 is 1.16 bits per heavy atom. The van der Waals surface area contributed by atoms with Gasteiger partial charge in [-0.1, -0.05) is 25.1 Å². The first-order chi connectivity index (χ1) is 15.5. The van der Waals surface area contributed by atoms with Crippen LogP contribution in [0.1, 0.15) is 34.6 Å². The zero-order chi connectivity index (χ0) is 22.7. The number of H-pyrrole nitrogens is 1. The average molecular weight is 429 g/mol. The molecule has 3 N–H and O–H groups in total.